The topological polar surface area (TPSA) is 52.6 Å². The maximum absolute atomic E-state index is 12.6. The Morgan fingerprint density at radius 3 is 2.41 bits per heavy atom. The van der Waals surface area contributed by atoms with E-state index in [1.807, 2.05) is 29.2 Å². The molecule has 0 aliphatic carbocycles. The van der Waals surface area contributed by atoms with Crippen molar-refractivity contribution in [3.8, 4) is 0 Å². The third kappa shape index (κ3) is 4.99. The van der Waals surface area contributed by atoms with Gasteiger partial charge in [0.1, 0.15) is 18.0 Å². The first-order valence-electron chi connectivity index (χ1n) is 10.4. The maximum Gasteiger partial charge on any atom is 0.227 e. The lowest BCUT2D eigenvalue weighted by molar-refractivity contribution is -0.130. The summed E-state index contributed by atoms with van der Waals surface area (Å²) < 4.78 is 0. The van der Waals surface area contributed by atoms with Crippen LogP contribution in [0, 0.1) is 5.92 Å². The van der Waals surface area contributed by atoms with Crippen molar-refractivity contribution in [2.24, 2.45) is 5.92 Å². The lowest BCUT2D eigenvalue weighted by atomic mass is 10.0. The molecule has 2 aliphatic heterocycles. The first-order chi connectivity index (χ1) is 14.1. The van der Waals surface area contributed by atoms with Gasteiger partial charge in [-0.25, -0.2) is 9.97 Å². The van der Waals surface area contributed by atoms with Crippen LogP contribution >= 0.6 is 11.6 Å². The number of benzene rings is 1. The summed E-state index contributed by atoms with van der Waals surface area (Å²) in [6, 6.07) is 9.60. The highest BCUT2D eigenvalue weighted by Gasteiger charge is 2.23. The van der Waals surface area contributed by atoms with Gasteiger partial charge < -0.3 is 14.7 Å². The van der Waals surface area contributed by atoms with Crippen LogP contribution in [-0.2, 0) is 11.2 Å². The van der Waals surface area contributed by atoms with Crippen LogP contribution in [0.25, 0.3) is 0 Å². The minimum absolute atomic E-state index is 0.164. The van der Waals surface area contributed by atoms with Gasteiger partial charge in [0.05, 0.1) is 6.42 Å². The molecule has 2 fully saturated rings. The molecule has 0 radical (unpaired) electrons. The summed E-state index contributed by atoms with van der Waals surface area (Å²) in [5.41, 5.74) is 0.998. The number of carbonyl (C=O) groups excluding carboxylic acids is 1. The molecule has 1 atom stereocenters. The van der Waals surface area contributed by atoms with Crippen LogP contribution in [0.3, 0.4) is 0 Å². The number of nitrogens with zero attached hydrogens (tertiary/aromatic N) is 5. The van der Waals surface area contributed by atoms with E-state index in [-0.39, 0.29) is 5.91 Å². The summed E-state index contributed by atoms with van der Waals surface area (Å²) in [5.74, 6) is 2.84. The summed E-state index contributed by atoms with van der Waals surface area (Å²) >= 11 is 5.92. The molecule has 0 spiro atoms. The van der Waals surface area contributed by atoms with Gasteiger partial charge in [-0.2, -0.15) is 0 Å². The maximum atomic E-state index is 12.6. The zero-order chi connectivity index (χ0) is 20.2. The first kappa shape index (κ1) is 20.0. The minimum Gasteiger partial charge on any atom is -0.356 e. The Bertz CT molecular complexity index is 835. The normalized spacial score (nSPS) is 20.1. The summed E-state index contributed by atoms with van der Waals surface area (Å²) in [6.45, 7) is 7.43. The van der Waals surface area contributed by atoms with E-state index in [1.165, 1.54) is 12.8 Å². The summed E-state index contributed by atoms with van der Waals surface area (Å²) in [6.07, 6.45) is 4.60. The van der Waals surface area contributed by atoms with Gasteiger partial charge in [-0.1, -0.05) is 30.7 Å². The predicted octanol–water partition coefficient (Wildman–Crippen LogP) is 3.26. The molecular formula is C22H28ClN5O. The number of piperidine rings is 1. The summed E-state index contributed by atoms with van der Waals surface area (Å²) in [7, 11) is 0. The largest absolute Gasteiger partial charge is 0.356 e. The van der Waals surface area contributed by atoms with Gasteiger partial charge in [-0.3, -0.25) is 4.79 Å². The van der Waals surface area contributed by atoms with E-state index < -0.39 is 0 Å². The highest BCUT2D eigenvalue weighted by Crippen LogP contribution is 2.24. The van der Waals surface area contributed by atoms with Crippen LogP contribution in [0.2, 0.25) is 5.02 Å². The molecule has 2 aliphatic rings. The van der Waals surface area contributed by atoms with E-state index in [4.69, 9.17) is 11.6 Å². The fraction of sp³-hybridized carbons (Fsp3) is 0.500. The second-order valence-electron chi connectivity index (χ2n) is 8.10. The number of rotatable bonds is 4. The van der Waals surface area contributed by atoms with E-state index in [2.05, 4.69) is 32.8 Å². The summed E-state index contributed by atoms with van der Waals surface area (Å²) in [4.78, 5) is 28.2. The van der Waals surface area contributed by atoms with Crippen LogP contribution < -0.4 is 9.80 Å². The molecule has 1 unspecified atom stereocenters. The van der Waals surface area contributed by atoms with E-state index in [1.54, 1.807) is 6.33 Å². The molecule has 6 nitrogen and oxygen atoms in total. The van der Waals surface area contributed by atoms with Crippen molar-refractivity contribution < 1.29 is 4.79 Å². The average Bonchev–Trinajstić information content (AvgIpc) is 2.75. The molecule has 2 saturated heterocycles. The van der Waals surface area contributed by atoms with Gasteiger partial charge in [0.25, 0.3) is 0 Å². The molecule has 1 aromatic heterocycles. The van der Waals surface area contributed by atoms with Crippen molar-refractivity contribution in [1.82, 2.24) is 14.9 Å². The molecule has 3 heterocycles. The van der Waals surface area contributed by atoms with E-state index in [0.717, 1.165) is 43.4 Å². The Balaban J connectivity index is 1.34. The second kappa shape index (κ2) is 8.99. The Labute approximate surface area is 177 Å². The average molecular weight is 414 g/mol. The number of carbonyl (C=O) groups is 1. The lowest BCUT2D eigenvalue weighted by Crippen LogP contribution is -2.49. The number of aromatic nitrogens is 2. The highest BCUT2D eigenvalue weighted by atomic mass is 35.5. The second-order valence-corrected chi connectivity index (χ2v) is 8.54. The SMILES string of the molecule is CC1CCCN(c2cc(N3CCN(C(=O)Cc4ccc(Cl)cc4)CC3)ncn2)C1. The van der Waals surface area contributed by atoms with Crippen LogP contribution in [-0.4, -0.2) is 60.0 Å². The van der Waals surface area contributed by atoms with Gasteiger partial charge in [-0.15, -0.1) is 0 Å². The number of anilines is 2. The monoisotopic (exact) mass is 413 g/mol. The molecule has 29 heavy (non-hydrogen) atoms. The number of hydrogen-bond donors (Lipinski definition) is 0. The van der Waals surface area contributed by atoms with E-state index in [9.17, 15) is 4.79 Å². The van der Waals surface area contributed by atoms with Gasteiger partial charge >= 0.3 is 0 Å². The van der Waals surface area contributed by atoms with Crippen molar-refractivity contribution >= 4 is 29.1 Å². The predicted molar refractivity (Wildman–Crippen MR) is 117 cm³/mol. The minimum atomic E-state index is 0.164. The first-order valence-corrected chi connectivity index (χ1v) is 10.8. The Morgan fingerprint density at radius 1 is 1.03 bits per heavy atom. The molecule has 1 aromatic carbocycles. The molecule has 0 N–H and O–H groups in total. The molecule has 7 heteroatoms. The van der Waals surface area contributed by atoms with Crippen molar-refractivity contribution in [2.75, 3.05) is 49.1 Å². The smallest absolute Gasteiger partial charge is 0.227 e. The number of piperazine rings is 1. The zero-order valence-corrected chi connectivity index (χ0v) is 17.7. The summed E-state index contributed by atoms with van der Waals surface area (Å²) in [5, 5.41) is 0.693. The van der Waals surface area contributed by atoms with E-state index >= 15 is 0 Å². The third-order valence-corrected chi connectivity index (χ3v) is 6.10. The van der Waals surface area contributed by atoms with E-state index in [0.29, 0.717) is 30.5 Å². The van der Waals surface area contributed by atoms with Crippen molar-refractivity contribution in [1.29, 1.82) is 0 Å². The van der Waals surface area contributed by atoms with Gasteiger partial charge in [0.2, 0.25) is 5.91 Å². The molecular weight excluding hydrogens is 386 g/mol. The molecule has 154 valence electrons. The third-order valence-electron chi connectivity index (χ3n) is 5.84. The van der Waals surface area contributed by atoms with Gasteiger partial charge in [-0.05, 0) is 36.5 Å². The quantitative estimate of drug-likeness (QED) is 0.770. The Hall–Kier alpha value is -2.34. The Kier molecular flexibility index (Phi) is 6.19. The van der Waals surface area contributed by atoms with Crippen LogP contribution in [0.1, 0.15) is 25.3 Å². The zero-order valence-electron chi connectivity index (χ0n) is 16.9. The fourth-order valence-electron chi connectivity index (χ4n) is 4.15. The lowest BCUT2D eigenvalue weighted by Gasteiger charge is -2.36. The molecule has 1 amide bonds. The van der Waals surface area contributed by atoms with Gasteiger partial charge in [0.15, 0.2) is 0 Å². The molecule has 0 bridgehead atoms. The van der Waals surface area contributed by atoms with Gasteiger partial charge in [0, 0.05) is 50.4 Å². The number of halogens is 1. The number of hydrogen-bond acceptors (Lipinski definition) is 5. The van der Waals surface area contributed by atoms with Crippen molar-refractivity contribution in [3.63, 3.8) is 0 Å². The molecule has 0 saturated carbocycles. The molecule has 4 rings (SSSR count). The fourth-order valence-corrected chi connectivity index (χ4v) is 4.28. The number of amides is 1. The molecule has 2 aromatic rings. The van der Waals surface area contributed by atoms with Crippen molar-refractivity contribution in [3.05, 3.63) is 47.2 Å². The van der Waals surface area contributed by atoms with Crippen LogP contribution in [0.4, 0.5) is 11.6 Å². The Morgan fingerprint density at radius 2 is 1.72 bits per heavy atom. The van der Waals surface area contributed by atoms with Crippen LogP contribution in [0.5, 0.6) is 0 Å². The highest BCUT2D eigenvalue weighted by molar-refractivity contribution is 6.30. The van der Waals surface area contributed by atoms with Crippen LogP contribution in [0.15, 0.2) is 36.7 Å². The standard InChI is InChI=1S/C22H28ClN5O/c1-17-3-2-8-28(15-17)21-14-20(24-16-25-21)26-9-11-27(12-10-26)22(29)13-18-4-6-19(23)7-5-18/h4-7,14,16-17H,2-3,8-13,15H2,1H3. The van der Waals surface area contributed by atoms with Crippen molar-refractivity contribution in [2.45, 2.75) is 26.2 Å².